The van der Waals surface area contributed by atoms with Crippen molar-refractivity contribution in [2.75, 3.05) is 5.73 Å². The van der Waals surface area contributed by atoms with Gasteiger partial charge in [-0.2, -0.15) is 5.10 Å². The zero-order valence-electron chi connectivity index (χ0n) is 7.95. The standard InChI is InChI=1S/C10H15N3/c1-9-4-10(5-9,6-9)7-13-8(11)2-3-12-13/h2-3H,4-7,11H2,1H3. The first kappa shape index (κ1) is 7.42. The van der Waals surface area contributed by atoms with Crippen molar-refractivity contribution >= 4 is 5.82 Å². The minimum atomic E-state index is 0.564. The summed E-state index contributed by atoms with van der Waals surface area (Å²) in [6.45, 7) is 3.41. The normalized spacial score (nSPS) is 41.0. The third-order valence-corrected chi connectivity index (χ3v) is 3.64. The predicted octanol–water partition coefficient (Wildman–Crippen LogP) is 1.66. The number of hydrogen-bond donors (Lipinski definition) is 1. The Kier molecular flexibility index (Phi) is 1.09. The minimum Gasteiger partial charge on any atom is -0.384 e. The van der Waals surface area contributed by atoms with Crippen molar-refractivity contribution in [2.45, 2.75) is 32.7 Å². The van der Waals surface area contributed by atoms with Gasteiger partial charge in [-0.25, -0.2) is 4.68 Å². The third kappa shape index (κ3) is 0.872. The lowest BCUT2D eigenvalue weighted by atomic mass is 9.36. The maximum Gasteiger partial charge on any atom is 0.121 e. The molecular formula is C10H15N3. The average Bonchev–Trinajstić information content (AvgIpc) is 2.31. The quantitative estimate of drug-likeness (QED) is 0.746. The van der Waals surface area contributed by atoms with Gasteiger partial charge in [0.2, 0.25) is 0 Å². The van der Waals surface area contributed by atoms with E-state index in [-0.39, 0.29) is 0 Å². The van der Waals surface area contributed by atoms with Crippen LogP contribution in [0.5, 0.6) is 0 Å². The number of anilines is 1. The summed E-state index contributed by atoms with van der Waals surface area (Å²) < 4.78 is 1.94. The number of hydrogen-bond acceptors (Lipinski definition) is 2. The number of rotatable bonds is 2. The fraction of sp³-hybridized carbons (Fsp3) is 0.700. The second-order valence-corrected chi connectivity index (χ2v) is 5.25. The van der Waals surface area contributed by atoms with Gasteiger partial charge in [0.05, 0.1) is 6.20 Å². The highest BCUT2D eigenvalue weighted by Gasteiger charge is 2.64. The van der Waals surface area contributed by atoms with Gasteiger partial charge in [0.1, 0.15) is 5.82 Å². The van der Waals surface area contributed by atoms with Gasteiger partial charge < -0.3 is 5.73 Å². The number of nitrogen functional groups attached to an aromatic ring is 1. The van der Waals surface area contributed by atoms with Crippen LogP contribution < -0.4 is 5.73 Å². The monoisotopic (exact) mass is 177 g/mol. The Bertz CT molecular complexity index is 333. The Morgan fingerprint density at radius 2 is 2.23 bits per heavy atom. The fourth-order valence-electron chi connectivity index (χ4n) is 3.52. The lowest BCUT2D eigenvalue weighted by Gasteiger charge is -2.69. The molecule has 13 heavy (non-hydrogen) atoms. The SMILES string of the molecule is CC12CC(Cn3nccc3N)(C1)C2. The molecule has 0 amide bonds. The summed E-state index contributed by atoms with van der Waals surface area (Å²) in [5.74, 6) is 0.801. The summed E-state index contributed by atoms with van der Waals surface area (Å²) in [5, 5.41) is 4.22. The van der Waals surface area contributed by atoms with Crippen LogP contribution in [0.4, 0.5) is 5.82 Å². The molecule has 70 valence electrons. The molecule has 3 heteroatoms. The summed E-state index contributed by atoms with van der Waals surface area (Å²) in [5.41, 5.74) is 7.02. The van der Waals surface area contributed by atoms with Crippen molar-refractivity contribution in [3.63, 3.8) is 0 Å². The summed E-state index contributed by atoms with van der Waals surface area (Å²) in [4.78, 5) is 0. The average molecular weight is 177 g/mol. The van der Waals surface area contributed by atoms with Gasteiger partial charge in [0.25, 0.3) is 0 Å². The highest BCUT2D eigenvalue weighted by atomic mass is 15.3. The van der Waals surface area contributed by atoms with Gasteiger partial charge in [-0.15, -0.1) is 0 Å². The Morgan fingerprint density at radius 1 is 1.54 bits per heavy atom. The van der Waals surface area contributed by atoms with Gasteiger partial charge in [-0.1, -0.05) is 6.92 Å². The third-order valence-electron chi connectivity index (χ3n) is 3.64. The van der Waals surface area contributed by atoms with Crippen molar-refractivity contribution in [1.29, 1.82) is 0 Å². The van der Waals surface area contributed by atoms with E-state index in [1.807, 2.05) is 10.7 Å². The summed E-state index contributed by atoms with van der Waals surface area (Å²) in [7, 11) is 0. The molecule has 2 bridgehead atoms. The van der Waals surface area contributed by atoms with E-state index in [1.165, 1.54) is 19.3 Å². The molecule has 3 nitrogen and oxygen atoms in total. The van der Waals surface area contributed by atoms with Crippen molar-refractivity contribution in [1.82, 2.24) is 9.78 Å². The highest BCUT2D eigenvalue weighted by molar-refractivity contribution is 5.27. The van der Waals surface area contributed by atoms with E-state index in [2.05, 4.69) is 12.0 Å². The Labute approximate surface area is 77.9 Å². The molecule has 4 rings (SSSR count). The first-order valence-electron chi connectivity index (χ1n) is 4.88. The molecule has 3 saturated carbocycles. The Morgan fingerprint density at radius 3 is 2.69 bits per heavy atom. The molecule has 0 spiro atoms. The van der Waals surface area contributed by atoms with E-state index in [0.29, 0.717) is 10.8 Å². The summed E-state index contributed by atoms with van der Waals surface area (Å²) in [6.07, 6.45) is 5.90. The van der Waals surface area contributed by atoms with Crippen LogP contribution in [0, 0.1) is 10.8 Å². The topological polar surface area (TPSA) is 43.8 Å². The number of nitrogens with zero attached hydrogens (tertiary/aromatic N) is 2. The maximum absolute atomic E-state index is 5.78. The smallest absolute Gasteiger partial charge is 0.121 e. The van der Waals surface area contributed by atoms with Crippen LogP contribution in [0.25, 0.3) is 0 Å². The molecule has 1 heterocycles. The van der Waals surface area contributed by atoms with Gasteiger partial charge in [-0.05, 0) is 36.2 Å². The predicted molar refractivity (Wildman–Crippen MR) is 51.0 cm³/mol. The molecule has 0 aliphatic heterocycles. The van der Waals surface area contributed by atoms with Crippen LogP contribution >= 0.6 is 0 Å². The molecule has 0 radical (unpaired) electrons. The summed E-state index contributed by atoms with van der Waals surface area (Å²) in [6, 6.07) is 1.87. The zero-order valence-corrected chi connectivity index (χ0v) is 7.95. The van der Waals surface area contributed by atoms with E-state index in [9.17, 15) is 0 Å². The molecule has 2 N–H and O–H groups in total. The van der Waals surface area contributed by atoms with Crippen LogP contribution in [0.15, 0.2) is 12.3 Å². The largest absolute Gasteiger partial charge is 0.384 e. The number of aromatic nitrogens is 2. The maximum atomic E-state index is 5.78. The van der Waals surface area contributed by atoms with Gasteiger partial charge in [0, 0.05) is 6.54 Å². The van der Waals surface area contributed by atoms with Crippen LogP contribution in [0.1, 0.15) is 26.2 Å². The Balaban J connectivity index is 1.75. The van der Waals surface area contributed by atoms with E-state index in [0.717, 1.165) is 12.4 Å². The van der Waals surface area contributed by atoms with Crippen LogP contribution in [-0.2, 0) is 6.54 Å². The van der Waals surface area contributed by atoms with E-state index < -0.39 is 0 Å². The van der Waals surface area contributed by atoms with E-state index >= 15 is 0 Å². The molecule has 3 fully saturated rings. The number of nitrogens with two attached hydrogens (primary N) is 1. The second kappa shape index (κ2) is 1.91. The van der Waals surface area contributed by atoms with Gasteiger partial charge in [-0.3, -0.25) is 0 Å². The molecule has 1 aromatic rings. The summed E-state index contributed by atoms with van der Waals surface area (Å²) >= 11 is 0. The molecule has 0 aromatic carbocycles. The fourth-order valence-corrected chi connectivity index (χ4v) is 3.52. The molecule has 0 unspecified atom stereocenters. The van der Waals surface area contributed by atoms with Gasteiger partial charge >= 0.3 is 0 Å². The first-order chi connectivity index (χ1) is 6.11. The van der Waals surface area contributed by atoms with E-state index in [4.69, 9.17) is 5.73 Å². The Hall–Kier alpha value is -0.990. The minimum absolute atomic E-state index is 0.564. The molecule has 1 aromatic heterocycles. The first-order valence-corrected chi connectivity index (χ1v) is 4.88. The van der Waals surface area contributed by atoms with Crippen molar-refractivity contribution in [3.05, 3.63) is 12.3 Å². The van der Waals surface area contributed by atoms with Crippen molar-refractivity contribution in [2.24, 2.45) is 10.8 Å². The van der Waals surface area contributed by atoms with Crippen LogP contribution in [-0.4, -0.2) is 9.78 Å². The van der Waals surface area contributed by atoms with Crippen LogP contribution in [0.3, 0.4) is 0 Å². The molecule has 3 aliphatic rings. The van der Waals surface area contributed by atoms with E-state index in [1.54, 1.807) is 6.20 Å². The lowest BCUT2D eigenvalue weighted by molar-refractivity contribution is -0.200. The van der Waals surface area contributed by atoms with Gasteiger partial charge in [0.15, 0.2) is 0 Å². The lowest BCUT2D eigenvalue weighted by Crippen LogP contribution is -2.61. The molecule has 3 aliphatic carbocycles. The molecule has 0 atom stereocenters. The van der Waals surface area contributed by atoms with Crippen LogP contribution in [0.2, 0.25) is 0 Å². The van der Waals surface area contributed by atoms with Crippen molar-refractivity contribution < 1.29 is 0 Å². The molecule has 0 saturated heterocycles. The second-order valence-electron chi connectivity index (χ2n) is 5.25. The van der Waals surface area contributed by atoms with Crippen molar-refractivity contribution in [3.8, 4) is 0 Å². The zero-order chi connectivity index (χ0) is 9.10. The highest BCUT2D eigenvalue weighted by Crippen LogP contribution is 2.73. The molecular weight excluding hydrogens is 162 g/mol.